The first kappa shape index (κ1) is 19.0. The summed E-state index contributed by atoms with van der Waals surface area (Å²) in [5.74, 6) is 0.545. The molecule has 6 heteroatoms. The number of benzene rings is 1. The van der Waals surface area contributed by atoms with Crippen molar-refractivity contribution < 1.29 is 9.53 Å². The summed E-state index contributed by atoms with van der Waals surface area (Å²) in [5.41, 5.74) is 7.47. The number of hydrogen-bond acceptors (Lipinski definition) is 4. The van der Waals surface area contributed by atoms with E-state index in [2.05, 4.69) is 11.0 Å². The minimum atomic E-state index is 0.0321. The van der Waals surface area contributed by atoms with Gasteiger partial charge in [0.05, 0.1) is 29.5 Å². The largest absolute Gasteiger partial charge is 0.376 e. The van der Waals surface area contributed by atoms with E-state index in [1.807, 2.05) is 23.1 Å². The van der Waals surface area contributed by atoms with Gasteiger partial charge in [-0.1, -0.05) is 23.7 Å². The van der Waals surface area contributed by atoms with E-state index < -0.39 is 0 Å². The molecule has 1 aliphatic carbocycles. The molecule has 2 heterocycles. The van der Waals surface area contributed by atoms with Crippen LogP contribution in [0, 0.1) is 5.92 Å². The normalized spacial score (nSPS) is 27.0. The molecular weight excluding hydrogens is 362 g/mol. The van der Waals surface area contributed by atoms with Gasteiger partial charge >= 0.3 is 0 Å². The second-order valence-electron chi connectivity index (χ2n) is 8.15. The van der Waals surface area contributed by atoms with Crippen LogP contribution in [-0.2, 0) is 9.53 Å². The molecule has 0 aromatic heterocycles. The van der Waals surface area contributed by atoms with Crippen LogP contribution in [0.2, 0.25) is 5.02 Å². The van der Waals surface area contributed by atoms with Gasteiger partial charge in [0, 0.05) is 31.6 Å². The number of amides is 1. The summed E-state index contributed by atoms with van der Waals surface area (Å²) in [6.45, 7) is 3.28. The fourth-order valence-electron chi connectivity index (χ4n) is 4.34. The molecule has 4 rings (SSSR count). The Morgan fingerprint density at radius 3 is 2.56 bits per heavy atom. The molecule has 2 saturated heterocycles. The van der Waals surface area contributed by atoms with Crippen LogP contribution in [0.4, 0.5) is 5.69 Å². The number of halogens is 1. The molecule has 0 spiro atoms. The molecule has 27 heavy (non-hydrogen) atoms. The molecular formula is C21H30ClN3O2. The van der Waals surface area contributed by atoms with Gasteiger partial charge in [0.25, 0.3) is 0 Å². The number of carbonyl (C=O) groups is 1. The van der Waals surface area contributed by atoms with E-state index in [1.165, 1.54) is 0 Å². The Bertz CT molecular complexity index is 659. The third kappa shape index (κ3) is 4.41. The van der Waals surface area contributed by atoms with Crippen LogP contribution in [0.25, 0.3) is 0 Å². The van der Waals surface area contributed by atoms with E-state index in [0.717, 1.165) is 68.9 Å². The molecule has 0 unspecified atom stereocenters. The van der Waals surface area contributed by atoms with Crippen LogP contribution in [0.1, 0.15) is 38.5 Å². The quantitative estimate of drug-likeness (QED) is 0.838. The van der Waals surface area contributed by atoms with E-state index in [0.29, 0.717) is 12.5 Å². The zero-order valence-corrected chi connectivity index (χ0v) is 16.6. The lowest BCUT2D eigenvalue weighted by atomic mass is 9.96. The number of anilines is 1. The van der Waals surface area contributed by atoms with Crippen LogP contribution in [0.5, 0.6) is 0 Å². The molecule has 1 aromatic carbocycles. The third-order valence-electron chi connectivity index (χ3n) is 6.18. The minimum absolute atomic E-state index is 0.0321. The lowest BCUT2D eigenvalue weighted by molar-refractivity contribution is -0.139. The van der Waals surface area contributed by atoms with Gasteiger partial charge in [-0.3, -0.25) is 4.79 Å². The van der Waals surface area contributed by atoms with Crippen molar-refractivity contribution in [2.45, 2.75) is 56.7 Å². The highest BCUT2D eigenvalue weighted by Gasteiger charge is 2.40. The number of nitrogens with zero attached hydrogens (tertiary/aromatic N) is 2. The van der Waals surface area contributed by atoms with Gasteiger partial charge in [-0.15, -0.1) is 0 Å². The predicted octanol–water partition coefficient (Wildman–Crippen LogP) is 3.05. The highest BCUT2D eigenvalue weighted by atomic mass is 35.5. The lowest BCUT2D eigenvalue weighted by Gasteiger charge is -2.41. The van der Waals surface area contributed by atoms with Gasteiger partial charge in [0.1, 0.15) is 0 Å². The molecule has 0 radical (unpaired) electrons. The van der Waals surface area contributed by atoms with Crippen molar-refractivity contribution >= 4 is 23.2 Å². The summed E-state index contributed by atoms with van der Waals surface area (Å²) in [6.07, 6.45) is 6.25. The van der Waals surface area contributed by atoms with Crippen molar-refractivity contribution in [2.75, 3.05) is 31.1 Å². The second-order valence-corrected chi connectivity index (χ2v) is 8.56. The van der Waals surface area contributed by atoms with Crippen LogP contribution < -0.4 is 10.6 Å². The van der Waals surface area contributed by atoms with E-state index in [-0.39, 0.29) is 24.1 Å². The first-order chi connectivity index (χ1) is 13.1. The molecule has 2 atom stereocenters. The monoisotopic (exact) mass is 391 g/mol. The van der Waals surface area contributed by atoms with Gasteiger partial charge in [-0.2, -0.15) is 0 Å². The van der Waals surface area contributed by atoms with Crippen LogP contribution >= 0.6 is 11.6 Å². The highest BCUT2D eigenvalue weighted by Crippen LogP contribution is 2.33. The zero-order chi connectivity index (χ0) is 18.8. The van der Waals surface area contributed by atoms with Crippen molar-refractivity contribution in [1.82, 2.24) is 4.90 Å². The number of nitrogens with two attached hydrogens (primary N) is 1. The molecule has 148 valence electrons. The molecule has 3 aliphatic rings. The van der Waals surface area contributed by atoms with Gasteiger partial charge in [0.15, 0.2) is 0 Å². The van der Waals surface area contributed by atoms with Crippen molar-refractivity contribution in [3.05, 3.63) is 29.3 Å². The van der Waals surface area contributed by atoms with E-state index in [1.54, 1.807) is 0 Å². The summed E-state index contributed by atoms with van der Waals surface area (Å²) in [7, 11) is 0. The summed E-state index contributed by atoms with van der Waals surface area (Å²) < 4.78 is 6.25. The van der Waals surface area contributed by atoms with Crippen LogP contribution in [0.15, 0.2) is 24.3 Å². The molecule has 1 aromatic rings. The van der Waals surface area contributed by atoms with Gasteiger partial charge in [0.2, 0.25) is 5.91 Å². The third-order valence-corrected chi connectivity index (χ3v) is 6.50. The van der Waals surface area contributed by atoms with E-state index >= 15 is 0 Å². The summed E-state index contributed by atoms with van der Waals surface area (Å²) in [6, 6.07) is 8.07. The lowest BCUT2D eigenvalue weighted by Crippen LogP contribution is -2.57. The number of piperidine rings is 2. The van der Waals surface area contributed by atoms with Crippen molar-refractivity contribution in [3.63, 3.8) is 0 Å². The van der Waals surface area contributed by atoms with Gasteiger partial charge < -0.3 is 20.3 Å². The fraction of sp³-hybridized carbons (Fsp3) is 0.667. The highest BCUT2D eigenvalue weighted by molar-refractivity contribution is 6.33. The Kier molecular flexibility index (Phi) is 5.90. The molecule has 1 saturated carbocycles. The molecule has 0 bridgehead atoms. The van der Waals surface area contributed by atoms with Crippen LogP contribution in [-0.4, -0.2) is 55.2 Å². The predicted molar refractivity (Wildman–Crippen MR) is 108 cm³/mol. The first-order valence-electron chi connectivity index (χ1n) is 10.3. The maximum atomic E-state index is 12.6. The molecule has 1 amide bonds. The number of ether oxygens (including phenoxy) is 1. The Hall–Kier alpha value is -1.30. The van der Waals surface area contributed by atoms with Crippen molar-refractivity contribution in [1.29, 1.82) is 0 Å². The smallest absolute Gasteiger partial charge is 0.226 e. The SMILES string of the molecule is N[C@H]1CCCN(C(=O)C2CC2)[C@H]1COC1CCN(c2ccccc2Cl)CC1. The summed E-state index contributed by atoms with van der Waals surface area (Å²) >= 11 is 6.32. The zero-order valence-electron chi connectivity index (χ0n) is 15.9. The molecule has 5 nitrogen and oxygen atoms in total. The number of hydrogen-bond donors (Lipinski definition) is 1. The number of para-hydroxylation sites is 1. The van der Waals surface area contributed by atoms with E-state index in [4.69, 9.17) is 22.1 Å². The molecule has 3 fully saturated rings. The van der Waals surface area contributed by atoms with E-state index in [9.17, 15) is 4.79 Å². The number of likely N-dealkylation sites (tertiary alicyclic amines) is 1. The number of carbonyl (C=O) groups excluding carboxylic acids is 1. The Morgan fingerprint density at radius 1 is 1.11 bits per heavy atom. The maximum Gasteiger partial charge on any atom is 0.226 e. The van der Waals surface area contributed by atoms with Gasteiger partial charge in [-0.25, -0.2) is 0 Å². The Labute approximate surface area is 166 Å². The Morgan fingerprint density at radius 2 is 1.85 bits per heavy atom. The fourth-order valence-corrected chi connectivity index (χ4v) is 4.60. The Balaban J connectivity index is 1.29. The van der Waals surface area contributed by atoms with Crippen LogP contribution in [0.3, 0.4) is 0 Å². The topological polar surface area (TPSA) is 58.8 Å². The average molecular weight is 392 g/mol. The van der Waals surface area contributed by atoms with Crippen molar-refractivity contribution in [3.8, 4) is 0 Å². The molecule has 2 N–H and O–H groups in total. The number of rotatable bonds is 5. The maximum absolute atomic E-state index is 12.6. The van der Waals surface area contributed by atoms with Crippen molar-refractivity contribution in [2.24, 2.45) is 11.7 Å². The van der Waals surface area contributed by atoms with Gasteiger partial charge in [-0.05, 0) is 50.7 Å². The first-order valence-corrected chi connectivity index (χ1v) is 10.7. The second kappa shape index (κ2) is 8.38. The minimum Gasteiger partial charge on any atom is -0.376 e. The summed E-state index contributed by atoms with van der Waals surface area (Å²) in [5, 5.41) is 0.805. The average Bonchev–Trinajstić information content (AvgIpc) is 3.53. The standard InChI is InChI=1S/C21H30ClN3O2/c22-17-4-1-2-6-19(17)24-12-9-16(10-13-24)27-14-20-18(23)5-3-11-25(20)21(26)15-7-8-15/h1-2,4,6,15-16,18,20H,3,5,7-14,23H2/t18-,20-/m0/s1. The molecule has 2 aliphatic heterocycles. The summed E-state index contributed by atoms with van der Waals surface area (Å²) in [4.78, 5) is 16.9.